The molecule has 0 unspecified atom stereocenters. The first-order valence-electron chi connectivity index (χ1n) is 5.83. The van der Waals surface area contributed by atoms with Gasteiger partial charge in [-0.15, -0.1) is 0 Å². The summed E-state index contributed by atoms with van der Waals surface area (Å²) in [6, 6.07) is 9.76. The predicted octanol–water partition coefficient (Wildman–Crippen LogP) is 2.56. The van der Waals surface area contributed by atoms with Crippen LogP contribution in [-0.2, 0) is 10.0 Å². The lowest BCUT2D eigenvalue weighted by Gasteiger charge is -2.12. The largest absolute Gasteiger partial charge is 0.372 e. The van der Waals surface area contributed by atoms with E-state index in [1.807, 2.05) is 6.07 Å². The van der Waals surface area contributed by atoms with E-state index >= 15 is 0 Å². The van der Waals surface area contributed by atoms with Gasteiger partial charge < -0.3 is 5.32 Å². The first-order chi connectivity index (χ1) is 9.97. The van der Waals surface area contributed by atoms with Crippen molar-refractivity contribution in [3.63, 3.8) is 0 Å². The summed E-state index contributed by atoms with van der Waals surface area (Å²) in [4.78, 5) is 4.00. The summed E-state index contributed by atoms with van der Waals surface area (Å²) in [7, 11) is -2.29. The Balaban J connectivity index is 2.49. The van der Waals surface area contributed by atoms with Crippen molar-refractivity contribution < 1.29 is 8.42 Å². The normalized spacial score (nSPS) is 10.7. The van der Waals surface area contributed by atoms with Crippen LogP contribution in [0.1, 0.15) is 5.56 Å². The highest BCUT2D eigenvalue weighted by atomic mass is 79.9. The number of para-hydroxylation sites is 1. The van der Waals surface area contributed by atoms with Crippen molar-refractivity contribution in [2.24, 2.45) is 0 Å². The van der Waals surface area contributed by atoms with Gasteiger partial charge in [0.1, 0.15) is 16.8 Å². The minimum Gasteiger partial charge on any atom is -0.372 e. The maximum atomic E-state index is 12.5. The van der Waals surface area contributed by atoms with E-state index < -0.39 is 10.0 Å². The number of pyridine rings is 1. The van der Waals surface area contributed by atoms with Crippen LogP contribution in [0.5, 0.6) is 0 Å². The number of hydrogen-bond donors (Lipinski definition) is 2. The Hall–Kier alpha value is -2.11. The number of hydrogen-bond acceptors (Lipinski definition) is 5. The van der Waals surface area contributed by atoms with Crippen LogP contribution in [0.3, 0.4) is 0 Å². The highest BCUT2D eigenvalue weighted by Gasteiger charge is 2.21. The van der Waals surface area contributed by atoms with Gasteiger partial charge in [-0.05, 0) is 34.1 Å². The molecule has 0 saturated heterocycles. The van der Waals surface area contributed by atoms with Crippen molar-refractivity contribution in [1.82, 2.24) is 4.98 Å². The molecule has 8 heteroatoms. The molecule has 1 aromatic carbocycles. The second-order valence-corrected chi connectivity index (χ2v) is 6.58. The fourth-order valence-corrected chi connectivity index (χ4v) is 3.43. The van der Waals surface area contributed by atoms with Crippen LogP contribution in [0.15, 0.2) is 45.9 Å². The third-order valence-corrected chi connectivity index (χ3v) is 4.45. The van der Waals surface area contributed by atoms with Crippen LogP contribution < -0.4 is 10.0 Å². The van der Waals surface area contributed by atoms with Crippen molar-refractivity contribution in [3.8, 4) is 6.07 Å². The zero-order chi connectivity index (χ0) is 15.5. The van der Waals surface area contributed by atoms with Crippen LogP contribution in [-0.4, -0.2) is 20.4 Å². The summed E-state index contributed by atoms with van der Waals surface area (Å²) >= 11 is 3.20. The molecule has 0 bridgehead atoms. The number of sulfonamides is 1. The summed E-state index contributed by atoms with van der Waals surface area (Å²) in [5.41, 5.74) is 0.470. The molecule has 1 aromatic heterocycles. The standard InChI is InChI=1S/C13H11BrN4O2S/c1-16-13-12(6-10(14)8-17-13)21(19,20)18-11-5-3-2-4-9(11)7-15/h2-6,8,18H,1H3,(H,16,17). The van der Waals surface area contributed by atoms with Crippen molar-refractivity contribution >= 4 is 37.5 Å². The zero-order valence-electron chi connectivity index (χ0n) is 11.0. The van der Waals surface area contributed by atoms with E-state index in [1.165, 1.54) is 24.4 Å². The molecule has 0 atom stereocenters. The van der Waals surface area contributed by atoms with E-state index in [-0.39, 0.29) is 22.0 Å². The summed E-state index contributed by atoms with van der Waals surface area (Å²) in [6.07, 6.45) is 1.49. The molecule has 0 saturated carbocycles. The number of aromatic nitrogens is 1. The van der Waals surface area contributed by atoms with E-state index in [2.05, 4.69) is 31.0 Å². The van der Waals surface area contributed by atoms with E-state index in [0.717, 1.165) is 0 Å². The van der Waals surface area contributed by atoms with Crippen molar-refractivity contribution in [1.29, 1.82) is 5.26 Å². The second kappa shape index (κ2) is 6.11. The number of nitrogens with zero attached hydrogens (tertiary/aromatic N) is 2. The van der Waals surface area contributed by atoms with Crippen LogP contribution in [0, 0.1) is 11.3 Å². The SMILES string of the molecule is CNc1ncc(Br)cc1S(=O)(=O)Nc1ccccc1C#N. The minimum absolute atomic E-state index is 0.00730. The minimum atomic E-state index is -3.87. The monoisotopic (exact) mass is 366 g/mol. The number of rotatable bonds is 4. The van der Waals surface area contributed by atoms with Crippen LogP contribution in [0.2, 0.25) is 0 Å². The molecular formula is C13H11BrN4O2S. The Morgan fingerprint density at radius 3 is 2.71 bits per heavy atom. The molecule has 0 radical (unpaired) electrons. The summed E-state index contributed by atoms with van der Waals surface area (Å²) in [6.45, 7) is 0. The number of nitriles is 1. The quantitative estimate of drug-likeness (QED) is 0.866. The Kier molecular flexibility index (Phi) is 4.45. The van der Waals surface area contributed by atoms with E-state index in [9.17, 15) is 8.42 Å². The first kappa shape index (κ1) is 15.3. The molecule has 108 valence electrons. The van der Waals surface area contributed by atoms with Gasteiger partial charge in [-0.1, -0.05) is 12.1 Å². The third kappa shape index (κ3) is 3.32. The van der Waals surface area contributed by atoms with E-state index in [4.69, 9.17) is 5.26 Å². The third-order valence-electron chi connectivity index (χ3n) is 2.64. The fourth-order valence-electron chi connectivity index (χ4n) is 1.68. The average molecular weight is 367 g/mol. The van der Waals surface area contributed by atoms with Gasteiger partial charge in [-0.25, -0.2) is 13.4 Å². The predicted molar refractivity (Wildman–Crippen MR) is 83.4 cm³/mol. The zero-order valence-corrected chi connectivity index (χ0v) is 13.4. The van der Waals surface area contributed by atoms with Crippen molar-refractivity contribution in [3.05, 3.63) is 46.6 Å². The number of benzene rings is 1. The maximum Gasteiger partial charge on any atom is 0.265 e. The summed E-state index contributed by atoms with van der Waals surface area (Å²) in [5.74, 6) is 0.222. The molecule has 0 spiro atoms. The molecule has 0 aliphatic heterocycles. The smallest absolute Gasteiger partial charge is 0.265 e. The Bertz CT molecular complexity index is 815. The maximum absolute atomic E-state index is 12.5. The van der Waals surface area contributed by atoms with Gasteiger partial charge in [0.25, 0.3) is 10.0 Å². The van der Waals surface area contributed by atoms with Gasteiger partial charge >= 0.3 is 0 Å². The molecule has 0 amide bonds. The van der Waals surface area contributed by atoms with E-state index in [1.54, 1.807) is 19.2 Å². The van der Waals surface area contributed by atoms with E-state index in [0.29, 0.717) is 4.47 Å². The van der Waals surface area contributed by atoms with Gasteiger partial charge in [0.15, 0.2) is 0 Å². The lowest BCUT2D eigenvalue weighted by Crippen LogP contribution is -2.16. The summed E-state index contributed by atoms with van der Waals surface area (Å²) in [5, 5.41) is 11.7. The molecule has 2 aromatic rings. The topological polar surface area (TPSA) is 94.9 Å². The number of anilines is 2. The highest BCUT2D eigenvalue weighted by Crippen LogP contribution is 2.25. The van der Waals surface area contributed by atoms with Crippen LogP contribution >= 0.6 is 15.9 Å². The van der Waals surface area contributed by atoms with Gasteiger partial charge in [0.2, 0.25) is 0 Å². The molecule has 0 aliphatic carbocycles. The number of halogens is 1. The molecule has 0 aliphatic rings. The Morgan fingerprint density at radius 1 is 1.33 bits per heavy atom. The Morgan fingerprint density at radius 2 is 2.05 bits per heavy atom. The first-order valence-corrected chi connectivity index (χ1v) is 8.11. The van der Waals surface area contributed by atoms with Gasteiger partial charge in [-0.2, -0.15) is 5.26 Å². The molecular weight excluding hydrogens is 356 g/mol. The number of nitrogens with one attached hydrogen (secondary N) is 2. The van der Waals surface area contributed by atoms with Crippen molar-refractivity contribution in [2.45, 2.75) is 4.90 Å². The molecule has 0 fully saturated rings. The second-order valence-electron chi connectivity index (χ2n) is 4.01. The lowest BCUT2D eigenvalue weighted by atomic mass is 10.2. The molecule has 21 heavy (non-hydrogen) atoms. The van der Waals surface area contributed by atoms with Gasteiger partial charge in [-0.3, -0.25) is 4.72 Å². The highest BCUT2D eigenvalue weighted by molar-refractivity contribution is 9.10. The van der Waals surface area contributed by atoms with Gasteiger partial charge in [0, 0.05) is 17.7 Å². The summed E-state index contributed by atoms with van der Waals surface area (Å²) < 4.78 is 27.9. The van der Waals surface area contributed by atoms with Gasteiger partial charge in [0.05, 0.1) is 11.3 Å². The Labute approximate surface area is 131 Å². The van der Waals surface area contributed by atoms with Crippen LogP contribution in [0.25, 0.3) is 0 Å². The molecule has 6 nitrogen and oxygen atoms in total. The molecule has 2 N–H and O–H groups in total. The lowest BCUT2D eigenvalue weighted by molar-refractivity contribution is 0.601. The van der Waals surface area contributed by atoms with Crippen molar-refractivity contribution in [2.75, 3.05) is 17.1 Å². The molecule has 2 rings (SSSR count). The average Bonchev–Trinajstić information content (AvgIpc) is 2.47. The van der Waals surface area contributed by atoms with Crippen LogP contribution in [0.4, 0.5) is 11.5 Å². The fraction of sp³-hybridized carbons (Fsp3) is 0.0769. The molecule has 1 heterocycles.